The largest absolute Gasteiger partial charge is 0.207 e. The molecule has 0 saturated heterocycles. The molecule has 0 nitrogen and oxygen atoms in total. The lowest BCUT2D eigenvalue weighted by Crippen LogP contribution is -1.76. The molecule has 0 amide bonds. The van der Waals surface area contributed by atoms with Gasteiger partial charge in [0, 0.05) is 0 Å². The highest BCUT2D eigenvalue weighted by molar-refractivity contribution is 9.08. The van der Waals surface area contributed by atoms with E-state index in [2.05, 4.69) is 15.9 Å². The van der Waals surface area contributed by atoms with Crippen LogP contribution in [-0.2, 0) is 0 Å². The summed E-state index contributed by atoms with van der Waals surface area (Å²) < 4.78 is 12.3. The number of aryl methyl sites for hydroxylation is 1. The van der Waals surface area contributed by atoms with Gasteiger partial charge >= 0.3 is 0 Å². The first-order valence-corrected chi connectivity index (χ1v) is 4.48. The van der Waals surface area contributed by atoms with E-state index in [1.807, 2.05) is 11.9 Å². The normalized spacial score (nSPS) is 8.00. The Balaban J connectivity index is 0.000000371. The second kappa shape index (κ2) is 5.42. The Morgan fingerprint density at radius 2 is 1.70 bits per heavy atom. The number of hydrogen-bond acceptors (Lipinski definition) is 0. The molecule has 0 spiro atoms. The van der Waals surface area contributed by atoms with Crippen molar-refractivity contribution < 1.29 is 4.39 Å². The van der Waals surface area contributed by atoms with E-state index in [1.54, 1.807) is 19.1 Å². The molecule has 0 bridgehead atoms. The van der Waals surface area contributed by atoms with Crippen LogP contribution in [0.15, 0.2) is 24.3 Å². The summed E-state index contributed by atoms with van der Waals surface area (Å²) in [5.41, 5.74) is 0.701. The minimum Gasteiger partial charge on any atom is -0.207 e. The van der Waals surface area contributed by atoms with Crippen LogP contribution >= 0.6 is 15.9 Å². The van der Waals surface area contributed by atoms with Crippen molar-refractivity contribution in [2.45, 2.75) is 6.92 Å². The van der Waals surface area contributed by atoms with Crippen LogP contribution in [0.25, 0.3) is 0 Å². The monoisotopic (exact) mass is 204 g/mol. The van der Waals surface area contributed by atoms with Gasteiger partial charge in [-0.05, 0) is 24.4 Å². The number of rotatable bonds is 0. The van der Waals surface area contributed by atoms with Gasteiger partial charge in [-0.1, -0.05) is 34.1 Å². The molecule has 0 aromatic heterocycles. The molecular formula is C8H10BrF. The summed E-state index contributed by atoms with van der Waals surface area (Å²) in [6, 6.07) is 6.70. The number of hydrogen-bond donors (Lipinski definition) is 0. The van der Waals surface area contributed by atoms with Gasteiger partial charge in [0.05, 0.1) is 0 Å². The van der Waals surface area contributed by atoms with Crippen LogP contribution in [0, 0.1) is 12.7 Å². The molecule has 0 aliphatic rings. The van der Waals surface area contributed by atoms with Crippen LogP contribution < -0.4 is 0 Å². The summed E-state index contributed by atoms with van der Waals surface area (Å²) in [6.45, 7) is 1.75. The van der Waals surface area contributed by atoms with Gasteiger partial charge in [0.15, 0.2) is 0 Å². The van der Waals surface area contributed by atoms with E-state index < -0.39 is 0 Å². The first-order chi connectivity index (χ1) is 4.80. The molecule has 1 aromatic carbocycles. The first kappa shape index (κ1) is 9.63. The fourth-order valence-corrected chi connectivity index (χ4v) is 0.551. The Kier molecular flexibility index (Phi) is 5.22. The van der Waals surface area contributed by atoms with Crippen LogP contribution in [-0.4, -0.2) is 5.83 Å². The minimum absolute atomic E-state index is 0.132. The van der Waals surface area contributed by atoms with Crippen LogP contribution in [0.4, 0.5) is 4.39 Å². The van der Waals surface area contributed by atoms with Crippen LogP contribution in [0.1, 0.15) is 5.56 Å². The highest BCUT2D eigenvalue weighted by atomic mass is 79.9. The maximum atomic E-state index is 12.3. The Morgan fingerprint density at radius 3 is 2.00 bits per heavy atom. The molecule has 56 valence electrons. The van der Waals surface area contributed by atoms with E-state index in [9.17, 15) is 4.39 Å². The number of benzene rings is 1. The van der Waals surface area contributed by atoms with Crippen molar-refractivity contribution in [2.75, 3.05) is 5.83 Å². The summed E-state index contributed by atoms with van der Waals surface area (Å²) in [5.74, 6) is 1.68. The molecule has 0 aliphatic carbocycles. The third-order valence-corrected chi connectivity index (χ3v) is 1.08. The second-order valence-electron chi connectivity index (χ2n) is 1.75. The van der Waals surface area contributed by atoms with Crippen molar-refractivity contribution in [3.8, 4) is 0 Å². The van der Waals surface area contributed by atoms with Crippen molar-refractivity contribution in [3.05, 3.63) is 35.6 Å². The Morgan fingerprint density at radius 1 is 1.20 bits per heavy atom. The topological polar surface area (TPSA) is 0 Å². The smallest absolute Gasteiger partial charge is 0.126 e. The quantitative estimate of drug-likeness (QED) is 0.570. The molecule has 2 heteroatoms. The van der Waals surface area contributed by atoms with Crippen molar-refractivity contribution in [1.29, 1.82) is 0 Å². The van der Waals surface area contributed by atoms with E-state index in [1.165, 1.54) is 6.07 Å². The van der Waals surface area contributed by atoms with Gasteiger partial charge in [0.25, 0.3) is 0 Å². The Labute approximate surface area is 69.2 Å². The Hall–Kier alpha value is -0.370. The second-order valence-corrected chi connectivity index (χ2v) is 1.75. The van der Waals surface area contributed by atoms with E-state index >= 15 is 0 Å². The van der Waals surface area contributed by atoms with Gasteiger partial charge < -0.3 is 0 Å². The summed E-state index contributed by atoms with van der Waals surface area (Å²) in [4.78, 5) is 0. The molecule has 0 atom stereocenters. The minimum atomic E-state index is -0.132. The van der Waals surface area contributed by atoms with Gasteiger partial charge in [-0.25, -0.2) is 4.39 Å². The fraction of sp³-hybridized carbons (Fsp3) is 0.250. The molecule has 10 heavy (non-hydrogen) atoms. The standard InChI is InChI=1S/C7H7F.CH3Br/c1-6-4-2-3-5-7(6)8;1-2/h2-5H,1H3;1H3. The molecule has 0 saturated carbocycles. The van der Waals surface area contributed by atoms with E-state index in [0.29, 0.717) is 5.56 Å². The average molecular weight is 205 g/mol. The molecule has 0 aliphatic heterocycles. The maximum absolute atomic E-state index is 12.3. The molecule has 0 fully saturated rings. The highest BCUT2D eigenvalue weighted by Gasteiger charge is 1.88. The molecule has 0 radical (unpaired) electrons. The third kappa shape index (κ3) is 2.97. The predicted molar refractivity (Wildman–Crippen MR) is 46.0 cm³/mol. The van der Waals surface area contributed by atoms with Crippen molar-refractivity contribution in [3.63, 3.8) is 0 Å². The van der Waals surface area contributed by atoms with E-state index in [-0.39, 0.29) is 5.82 Å². The van der Waals surface area contributed by atoms with E-state index in [4.69, 9.17) is 0 Å². The lowest BCUT2D eigenvalue weighted by molar-refractivity contribution is 0.618. The highest BCUT2D eigenvalue weighted by Crippen LogP contribution is 2.01. The zero-order valence-corrected chi connectivity index (χ0v) is 7.65. The third-order valence-electron chi connectivity index (χ3n) is 1.08. The average Bonchev–Trinajstić information content (AvgIpc) is 2.00. The van der Waals surface area contributed by atoms with Gasteiger partial charge in [-0.15, -0.1) is 0 Å². The van der Waals surface area contributed by atoms with Crippen molar-refractivity contribution in [1.82, 2.24) is 0 Å². The summed E-state index contributed by atoms with van der Waals surface area (Å²) in [5, 5.41) is 0. The SMILES string of the molecule is CBr.Cc1ccccc1F. The molecule has 0 unspecified atom stereocenters. The first-order valence-electron chi connectivity index (χ1n) is 2.89. The van der Waals surface area contributed by atoms with Crippen LogP contribution in [0.2, 0.25) is 0 Å². The summed E-state index contributed by atoms with van der Waals surface area (Å²) >= 11 is 2.94. The summed E-state index contributed by atoms with van der Waals surface area (Å²) in [7, 11) is 0. The zero-order valence-electron chi connectivity index (χ0n) is 6.07. The lowest BCUT2D eigenvalue weighted by atomic mass is 10.2. The van der Waals surface area contributed by atoms with Crippen molar-refractivity contribution in [2.24, 2.45) is 0 Å². The fourth-order valence-electron chi connectivity index (χ4n) is 0.551. The van der Waals surface area contributed by atoms with Crippen LogP contribution in [0.5, 0.6) is 0 Å². The van der Waals surface area contributed by atoms with Crippen LogP contribution in [0.3, 0.4) is 0 Å². The van der Waals surface area contributed by atoms with Gasteiger partial charge in [-0.2, -0.15) is 0 Å². The van der Waals surface area contributed by atoms with Gasteiger partial charge in [0.1, 0.15) is 5.82 Å². The molecular weight excluding hydrogens is 195 g/mol. The number of halogens is 2. The van der Waals surface area contributed by atoms with E-state index in [0.717, 1.165) is 0 Å². The maximum Gasteiger partial charge on any atom is 0.126 e. The lowest BCUT2D eigenvalue weighted by Gasteiger charge is -1.89. The van der Waals surface area contributed by atoms with Gasteiger partial charge in [-0.3, -0.25) is 0 Å². The Bertz CT molecular complexity index is 165. The van der Waals surface area contributed by atoms with Gasteiger partial charge in [0.2, 0.25) is 0 Å². The molecule has 0 N–H and O–H groups in total. The van der Waals surface area contributed by atoms with Crippen molar-refractivity contribution >= 4 is 15.9 Å². The molecule has 1 aromatic rings. The zero-order chi connectivity index (χ0) is 7.98. The molecule has 0 heterocycles. The summed E-state index contributed by atoms with van der Waals surface area (Å²) in [6.07, 6.45) is 0. The predicted octanol–water partition coefficient (Wildman–Crippen LogP) is 3.15. The molecule has 1 rings (SSSR count). The number of alkyl halides is 1.